The Morgan fingerprint density at radius 1 is 1.23 bits per heavy atom. The van der Waals surface area contributed by atoms with Crippen molar-refractivity contribution in [3.8, 4) is 0 Å². The number of piperazine rings is 1. The summed E-state index contributed by atoms with van der Waals surface area (Å²) in [4.78, 5) is 41.3. The third-order valence-electron chi connectivity index (χ3n) is 8.10. The summed E-state index contributed by atoms with van der Waals surface area (Å²) in [7, 11) is 2.08. The number of aliphatic imine (C=N–C) groups is 2. The van der Waals surface area contributed by atoms with Crippen molar-refractivity contribution in [2.24, 2.45) is 15.9 Å². The topological polar surface area (TPSA) is 92.6 Å². The van der Waals surface area contributed by atoms with E-state index in [-0.39, 0.29) is 41.9 Å². The summed E-state index contributed by atoms with van der Waals surface area (Å²) in [5.41, 5.74) is 1.75. The maximum absolute atomic E-state index is 12.5. The van der Waals surface area contributed by atoms with E-state index in [1.54, 1.807) is 0 Å². The molecule has 5 aliphatic heterocycles. The summed E-state index contributed by atoms with van der Waals surface area (Å²) in [5.74, 6) is 0.216. The van der Waals surface area contributed by atoms with Crippen molar-refractivity contribution in [3.05, 3.63) is 23.8 Å². The normalized spacial score (nSPS) is 34.2. The quantitative estimate of drug-likeness (QED) is 0.561. The number of carbonyl (C=O) groups excluding carboxylic acids is 2. The Labute approximate surface area is 208 Å². The highest BCUT2D eigenvalue weighted by atomic mass is 16.2. The molecule has 0 aromatic carbocycles. The van der Waals surface area contributed by atoms with Gasteiger partial charge in [-0.2, -0.15) is 0 Å². The van der Waals surface area contributed by atoms with E-state index in [0.717, 1.165) is 65.1 Å². The van der Waals surface area contributed by atoms with Crippen molar-refractivity contribution in [2.75, 3.05) is 59.4 Å². The average molecular weight is 482 g/mol. The van der Waals surface area contributed by atoms with Crippen LogP contribution >= 0.6 is 0 Å². The van der Waals surface area contributed by atoms with E-state index in [0.29, 0.717) is 12.3 Å². The van der Waals surface area contributed by atoms with Gasteiger partial charge in [-0.05, 0) is 44.5 Å². The van der Waals surface area contributed by atoms with Crippen LogP contribution in [-0.4, -0.2) is 122 Å². The highest BCUT2D eigenvalue weighted by Crippen LogP contribution is 2.25. The first-order valence-electron chi connectivity index (χ1n) is 13.2. The number of hydrogen-bond acceptors (Lipinski definition) is 7. The van der Waals surface area contributed by atoms with Crippen molar-refractivity contribution < 1.29 is 9.59 Å². The standard InChI is InChI=1S/C26H39N7O2/c1-3-19-13-23-24(30-25(19)34)12-18(14-27-23)16-32-8-10-33(11-9-32)21-4-5-22(28-15-21)26(35)29-20-6-7-31(2)17-20/h4-5,12,14,19-21,23-24H,3,6-11,13,15-17H2,1-2H3,(H,29,35)(H,30,34)/t19?,20-,21?,23?,24?/m1/s1. The highest BCUT2D eigenvalue weighted by Gasteiger charge is 2.35. The van der Waals surface area contributed by atoms with E-state index in [2.05, 4.69) is 56.4 Å². The zero-order chi connectivity index (χ0) is 24.4. The van der Waals surface area contributed by atoms with Gasteiger partial charge in [-0.15, -0.1) is 0 Å². The second kappa shape index (κ2) is 10.7. The molecule has 9 heteroatoms. The molecular formula is C26H39N7O2. The molecule has 5 atom stereocenters. The number of nitrogens with one attached hydrogen (secondary N) is 2. The number of likely N-dealkylation sites (tertiary alicyclic amines) is 1. The molecule has 0 radical (unpaired) electrons. The zero-order valence-electron chi connectivity index (χ0n) is 21.0. The predicted molar refractivity (Wildman–Crippen MR) is 138 cm³/mol. The Morgan fingerprint density at radius 3 is 2.74 bits per heavy atom. The summed E-state index contributed by atoms with van der Waals surface area (Å²) in [6.07, 6.45) is 11.0. The Balaban J connectivity index is 1.06. The number of carbonyl (C=O) groups is 2. The van der Waals surface area contributed by atoms with Gasteiger partial charge in [0.25, 0.3) is 5.91 Å². The number of likely N-dealkylation sites (N-methyl/N-ethyl adjacent to an activating group) is 1. The van der Waals surface area contributed by atoms with Gasteiger partial charge >= 0.3 is 0 Å². The molecule has 0 aliphatic carbocycles. The van der Waals surface area contributed by atoms with Crippen molar-refractivity contribution in [3.63, 3.8) is 0 Å². The van der Waals surface area contributed by atoms with Crippen LogP contribution in [0.3, 0.4) is 0 Å². The maximum atomic E-state index is 12.5. The second-order valence-corrected chi connectivity index (χ2v) is 10.6. The summed E-state index contributed by atoms with van der Waals surface area (Å²) >= 11 is 0. The number of piperidine rings is 1. The molecule has 0 aromatic rings. The molecular weight excluding hydrogens is 442 g/mol. The monoisotopic (exact) mass is 481 g/mol. The lowest BCUT2D eigenvalue weighted by atomic mass is 9.86. The van der Waals surface area contributed by atoms with Gasteiger partial charge in [0.15, 0.2) is 0 Å². The van der Waals surface area contributed by atoms with Gasteiger partial charge in [0.05, 0.1) is 18.6 Å². The van der Waals surface area contributed by atoms with Crippen LogP contribution in [0.25, 0.3) is 0 Å². The molecule has 5 heterocycles. The van der Waals surface area contributed by atoms with Gasteiger partial charge in [0.2, 0.25) is 5.91 Å². The van der Waals surface area contributed by atoms with Crippen LogP contribution < -0.4 is 10.6 Å². The molecule has 0 aromatic heterocycles. The number of fused-ring (bicyclic) bond motifs is 1. The SMILES string of the molecule is CCC1CC2N=CC(CN3CCN(C4C=CC(C(=O)N[C@@H]5CCN(C)C5)=NC4)CC3)=CC2NC1=O. The molecule has 35 heavy (non-hydrogen) atoms. The second-order valence-electron chi connectivity index (χ2n) is 10.6. The van der Waals surface area contributed by atoms with Crippen LogP contribution in [0.2, 0.25) is 0 Å². The van der Waals surface area contributed by atoms with Crippen molar-refractivity contribution in [1.29, 1.82) is 0 Å². The van der Waals surface area contributed by atoms with Crippen LogP contribution in [0.4, 0.5) is 0 Å². The minimum absolute atomic E-state index is 0.0396. The molecule has 0 spiro atoms. The molecule has 2 amide bonds. The molecule has 5 rings (SSSR count). The van der Waals surface area contributed by atoms with Gasteiger partial charge in [-0.1, -0.05) is 19.1 Å². The van der Waals surface area contributed by atoms with E-state index in [1.165, 1.54) is 5.57 Å². The largest absolute Gasteiger partial charge is 0.347 e. The first kappa shape index (κ1) is 24.3. The molecule has 5 aliphatic rings. The number of nitrogens with zero attached hydrogens (tertiary/aromatic N) is 5. The Kier molecular flexibility index (Phi) is 7.45. The summed E-state index contributed by atoms with van der Waals surface area (Å²) < 4.78 is 0. The van der Waals surface area contributed by atoms with E-state index in [4.69, 9.17) is 4.99 Å². The van der Waals surface area contributed by atoms with Crippen molar-refractivity contribution >= 4 is 23.7 Å². The van der Waals surface area contributed by atoms with Crippen LogP contribution in [0, 0.1) is 5.92 Å². The summed E-state index contributed by atoms with van der Waals surface area (Å²) in [6, 6.07) is 0.708. The lowest BCUT2D eigenvalue weighted by Gasteiger charge is -2.39. The van der Waals surface area contributed by atoms with Gasteiger partial charge in [-0.25, -0.2) is 0 Å². The summed E-state index contributed by atoms with van der Waals surface area (Å²) in [5, 5.41) is 6.28. The number of rotatable bonds is 6. The molecule has 2 N–H and O–H groups in total. The molecule has 3 fully saturated rings. The average Bonchev–Trinajstić information content (AvgIpc) is 3.28. The highest BCUT2D eigenvalue weighted by molar-refractivity contribution is 6.43. The van der Waals surface area contributed by atoms with Crippen LogP contribution in [0.15, 0.2) is 33.8 Å². The molecule has 4 unspecified atom stereocenters. The third-order valence-corrected chi connectivity index (χ3v) is 8.10. The van der Waals surface area contributed by atoms with Gasteiger partial charge in [0.1, 0.15) is 5.71 Å². The first-order chi connectivity index (χ1) is 17.0. The maximum Gasteiger partial charge on any atom is 0.269 e. The van der Waals surface area contributed by atoms with Gasteiger partial charge in [-0.3, -0.25) is 29.4 Å². The molecule has 0 bridgehead atoms. The Morgan fingerprint density at radius 2 is 2.06 bits per heavy atom. The predicted octanol–water partition coefficient (Wildman–Crippen LogP) is 0.0978. The smallest absolute Gasteiger partial charge is 0.269 e. The van der Waals surface area contributed by atoms with Crippen molar-refractivity contribution in [2.45, 2.75) is 50.4 Å². The molecule has 3 saturated heterocycles. The lowest BCUT2D eigenvalue weighted by molar-refractivity contribution is -0.127. The first-order valence-corrected chi connectivity index (χ1v) is 13.2. The minimum atomic E-state index is -0.0474. The van der Waals surface area contributed by atoms with E-state index >= 15 is 0 Å². The van der Waals surface area contributed by atoms with Crippen LogP contribution in [0.1, 0.15) is 26.2 Å². The number of amides is 2. The molecule has 0 saturated carbocycles. The fourth-order valence-electron chi connectivity index (χ4n) is 5.86. The molecule has 190 valence electrons. The Hall–Kier alpha value is -2.36. The third kappa shape index (κ3) is 5.73. The van der Waals surface area contributed by atoms with E-state index < -0.39 is 0 Å². The van der Waals surface area contributed by atoms with E-state index in [1.807, 2.05) is 12.3 Å². The zero-order valence-corrected chi connectivity index (χ0v) is 21.0. The number of hydrogen-bond donors (Lipinski definition) is 2. The fraction of sp³-hybridized carbons (Fsp3) is 0.692. The van der Waals surface area contributed by atoms with Crippen LogP contribution in [0.5, 0.6) is 0 Å². The van der Waals surface area contributed by atoms with Crippen LogP contribution in [-0.2, 0) is 9.59 Å². The van der Waals surface area contributed by atoms with Gasteiger partial charge in [0, 0.05) is 63.5 Å². The van der Waals surface area contributed by atoms with E-state index in [9.17, 15) is 9.59 Å². The summed E-state index contributed by atoms with van der Waals surface area (Å²) in [6.45, 7) is 9.45. The fourth-order valence-corrected chi connectivity index (χ4v) is 5.86. The van der Waals surface area contributed by atoms with Crippen molar-refractivity contribution in [1.82, 2.24) is 25.3 Å². The molecule has 9 nitrogen and oxygen atoms in total. The lowest BCUT2D eigenvalue weighted by Crippen LogP contribution is -2.53. The minimum Gasteiger partial charge on any atom is -0.347 e. The number of dihydropyridines is 2. The Bertz CT molecular complexity index is 934. The van der Waals surface area contributed by atoms with Gasteiger partial charge < -0.3 is 15.5 Å².